The van der Waals surface area contributed by atoms with Gasteiger partial charge in [-0.3, -0.25) is 0 Å². The standard InChI is InChI=1S/C17H32N6O.HI/c1-6-18-16(20-11-14-22-21-12-23(14)5)19-10-13-8-7-9-24-15(13)17(2,3)4;/h12-13,15H,6-11H2,1-5H3,(H2,18,19,20);1H. The zero-order chi connectivity index (χ0) is 17.6. The molecule has 2 atom stereocenters. The fourth-order valence-electron chi connectivity index (χ4n) is 3.18. The Labute approximate surface area is 168 Å². The summed E-state index contributed by atoms with van der Waals surface area (Å²) in [7, 11) is 1.93. The minimum atomic E-state index is 0. The van der Waals surface area contributed by atoms with Gasteiger partial charge in [-0.05, 0) is 25.2 Å². The van der Waals surface area contributed by atoms with E-state index in [1.165, 1.54) is 6.42 Å². The largest absolute Gasteiger partial charge is 0.377 e. The lowest BCUT2D eigenvalue weighted by Crippen LogP contribution is -2.47. The maximum absolute atomic E-state index is 6.06. The Hall–Kier alpha value is -0.900. The fraction of sp³-hybridized carbons (Fsp3) is 0.824. The van der Waals surface area contributed by atoms with Crippen LogP contribution in [0.3, 0.4) is 0 Å². The number of guanidine groups is 1. The molecular weight excluding hydrogens is 431 g/mol. The first-order valence-corrected chi connectivity index (χ1v) is 8.88. The third-order valence-corrected chi connectivity index (χ3v) is 4.36. The first kappa shape index (κ1) is 22.1. The molecule has 0 spiro atoms. The molecule has 1 fully saturated rings. The van der Waals surface area contributed by atoms with Gasteiger partial charge in [0.25, 0.3) is 0 Å². The maximum Gasteiger partial charge on any atom is 0.191 e. The van der Waals surface area contributed by atoms with Gasteiger partial charge in [0.1, 0.15) is 12.9 Å². The highest BCUT2D eigenvalue weighted by atomic mass is 127. The van der Waals surface area contributed by atoms with Crippen molar-refractivity contribution in [1.29, 1.82) is 0 Å². The number of halogens is 1. The summed E-state index contributed by atoms with van der Waals surface area (Å²) in [6.45, 7) is 11.9. The molecule has 0 bridgehead atoms. The van der Waals surface area contributed by atoms with E-state index in [0.717, 1.165) is 37.9 Å². The van der Waals surface area contributed by atoms with E-state index in [2.05, 4.69) is 53.5 Å². The maximum atomic E-state index is 6.06. The SMILES string of the molecule is CCNC(=NCc1nncn1C)NCC1CCCOC1C(C)(C)C.I. The Morgan fingerprint density at radius 1 is 1.40 bits per heavy atom. The minimum Gasteiger partial charge on any atom is -0.377 e. The zero-order valence-electron chi connectivity index (χ0n) is 16.1. The summed E-state index contributed by atoms with van der Waals surface area (Å²) in [5.74, 6) is 2.16. The first-order valence-electron chi connectivity index (χ1n) is 8.88. The van der Waals surface area contributed by atoms with E-state index in [1.807, 2.05) is 11.6 Å². The van der Waals surface area contributed by atoms with Crippen molar-refractivity contribution in [3.63, 3.8) is 0 Å². The van der Waals surface area contributed by atoms with Crippen molar-refractivity contribution in [2.45, 2.75) is 53.2 Å². The van der Waals surface area contributed by atoms with Crippen molar-refractivity contribution >= 4 is 29.9 Å². The molecule has 0 aliphatic carbocycles. The number of rotatable bonds is 5. The molecule has 1 aliphatic rings. The van der Waals surface area contributed by atoms with Crippen LogP contribution in [0.1, 0.15) is 46.4 Å². The number of hydrogen-bond donors (Lipinski definition) is 2. The summed E-state index contributed by atoms with van der Waals surface area (Å²) in [5.41, 5.74) is 0.154. The van der Waals surface area contributed by atoms with Gasteiger partial charge in [0.2, 0.25) is 0 Å². The van der Waals surface area contributed by atoms with Crippen molar-refractivity contribution in [1.82, 2.24) is 25.4 Å². The van der Waals surface area contributed by atoms with E-state index >= 15 is 0 Å². The number of aryl methyl sites for hydroxylation is 1. The molecule has 144 valence electrons. The lowest BCUT2D eigenvalue weighted by atomic mass is 9.78. The van der Waals surface area contributed by atoms with E-state index in [1.54, 1.807) is 6.33 Å². The quantitative estimate of drug-likeness (QED) is 0.398. The molecule has 1 aromatic heterocycles. The van der Waals surface area contributed by atoms with Crippen molar-refractivity contribution in [2.24, 2.45) is 23.4 Å². The highest BCUT2D eigenvalue weighted by Gasteiger charge is 2.35. The Morgan fingerprint density at radius 2 is 2.16 bits per heavy atom. The normalized spacial score (nSPS) is 21.6. The van der Waals surface area contributed by atoms with Crippen LogP contribution in [0.4, 0.5) is 0 Å². The number of nitrogens with zero attached hydrogens (tertiary/aromatic N) is 4. The second-order valence-corrected chi connectivity index (χ2v) is 7.49. The number of aromatic nitrogens is 3. The summed E-state index contributed by atoms with van der Waals surface area (Å²) in [6, 6.07) is 0. The molecule has 0 amide bonds. The Kier molecular flexibility index (Phi) is 9.12. The topological polar surface area (TPSA) is 76.4 Å². The summed E-state index contributed by atoms with van der Waals surface area (Å²) in [4.78, 5) is 4.62. The van der Waals surface area contributed by atoms with Crippen LogP contribution in [0, 0.1) is 11.3 Å². The monoisotopic (exact) mass is 464 g/mol. The second-order valence-electron chi connectivity index (χ2n) is 7.49. The van der Waals surface area contributed by atoms with E-state index in [9.17, 15) is 0 Å². The smallest absolute Gasteiger partial charge is 0.191 e. The van der Waals surface area contributed by atoms with E-state index in [4.69, 9.17) is 4.74 Å². The van der Waals surface area contributed by atoms with Crippen LogP contribution in [0.2, 0.25) is 0 Å². The second kappa shape index (κ2) is 10.3. The summed E-state index contributed by atoms with van der Waals surface area (Å²) < 4.78 is 7.95. The average Bonchev–Trinajstić information content (AvgIpc) is 2.94. The van der Waals surface area contributed by atoms with E-state index < -0.39 is 0 Å². The van der Waals surface area contributed by atoms with Gasteiger partial charge >= 0.3 is 0 Å². The van der Waals surface area contributed by atoms with Crippen molar-refractivity contribution < 1.29 is 4.74 Å². The number of hydrogen-bond acceptors (Lipinski definition) is 4. The molecule has 1 saturated heterocycles. The Morgan fingerprint density at radius 3 is 2.76 bits per heavy atom. The van der Waals surface area contributed by atoms with Gasteiger partial charge in [-0.15, -0.1) is 34.2 Å². The molecule has 2 rings (SSSR count). The van der Waals surface area contributed by atoms with E-state index in [-0.39, 0.29) is 35.5 Å². The lowest BCUT2D eigenvalue weighted by Gasteiger charge is -2.40. The molecule has 0 saturated carbocycles. The number of nitrogens with one attached hydrogen (secondary N) is 2. The molecule has 25 heavy (non-hydrogen) atoms. The number of aliphatic imine (C=N–C) groups is 1. The van der Waals surface area contributed by atoms with Crippen molar-refractivity contribution in [3.05, 3.63) is 12.2 Å². The van der Waals surface area contributed by atoms with Crippen LogP contribution in [0.5, 0.6) is 0 Å². The Balaban J connectivity index is 0.00000312. The molecule has 0 radical (unpaired) electrons. The van der Waals surface area contributed by atoms with Gasteiger partial charge in [0, 0.05) is 32.7 Å². The van der Waals surface area contributed by atoms with Crippen LogP contribution in [0.15, 0.2) is 11.3 Å². The van der Waals surface area contributed by atoms with Crippen LogP contribution in [-0.4, -0.2) is 46.5 Å². The summed E-state index contributed by atoms with van der Waals surface area (Å²) in [5, 5.41) is 14.7. The molecule has 2 unspecified atom stereocenters. The molecule has 2 heterocycles. The summed E-state index contributed by atoms with van der Waals surface area (Å²) >= 11 is 0. The summed E-state index contributed by atoms with van der Waals surface area (Å²) in [6.07, 6.45) is 4.29. The molecule has 1 aromatic rings. The number of ether oxygens (including phenoxy) is 1. The predicted molar refractivity (Wildman–Crippen MR) is 111 cm³/mol. The van der Waals surface area contributed by atoms with Crippen LogP contribution in [-0.2, 0) is 18.3 Å². The zero-order valence-corrected chi connectivity index (χ0v) is 18.4. The molecular formula is C17H33IN6O. The molecule has 2 N–H and O–H groups in total. The lowest BCUT2D eigenvalue weighted by molar-refractivity contribution is -0.0835. The van der Waals surface area contributed by atoms with Gasteiger partial charge in [-0.2, -0.15) is 0 Å². The van der Waals surface area contributed by atoms with Crippen molar-refractivity contribution in [2.75, 3.05) is 19.7 Å². The highest BCUT2D eigenvalue weighted by Crippen LogP contribution is 2.33. The van der Waals surface area contributed by atoms with Gasteiger partial charge < -0.3 is 19.9 Å². The third-order valence-electron chi connectivity index (χ3n) is 4.36. The fourth-order valence-corrected chi connectivity index (χ4v) is 3.18. The predicted octanol–water partition coefficient (Wildman–Crippen LogP) is 2.33. The van der Waals surface area contributed by atoms with Gasteiger partial charge in [-0.1, -0.05) is 20.8 Å². The minimum absolute atomic E-state index is 0. The Bertz CT molecular complexity index is 539. The molecule has 1 aliphatic heterocycles. The highest BCUT2D eigenvalue weighted by molar-refractivity contribution is 14.0. The van der Waals surface area contributed by atoms with Gasteiger partial charge in [0.05, 0.1) is 6.10 Å². The van der Waals surface area contributed by atoms with Crippen molar-refractivity contribution in [3.8, 4) is 0 Å². The van der Waals surface area contributed by atoms with Gasteiger partial charge in [0.15, 0.2) is 11.8 Å². The molecule has 8 heteroatoms. The van der Waals surface area contributed by atoms with Crippen LogP contribution in [0.25, 0.3) is 0 Å². The average molecular weight is 464 g/mol. The molecule has 7 nitrogen and oxygen atoms in total. The molecule has 0 aromatic carbocycles. The van der Waals surface area contributed by atoms with Crippen LogP contribution >= 0.6 is 24.0 Å². The van der Waals surface area contributed by atoms with Gasteiger partial charge in [-0.25, -0.2) is 4.99 Å². The van der Waals surface area contributed by atoms with Crippen LogP contribution < -0.4 is 10.6 Å². The third kappa shape index (κ3) is 6.73. The first-order chi connectivity index (χ1) is 11.4. The van der Waals surface area contributed by atoms with E-state index in [0.29, 0.717) is 12.5 Å².